The Balaban J connectivity index is 0.00000242. The Morgan fingerprint density at radius 1 is 1.32 bits per heavy atom. The van der Waals surface area contributed by atoms with E-state index in [0.717, 1.165) is 38.3 Å². The van der Waals surface area contributed by atoms with E-state index in [1.165, 1.54) is 5.56 Å². The predicted octanol–water partition coefficient (Wildman–Crippen LogP) is 2.86. The van der Waals surface area contributed by atoms with Crippen molar-refractivity contribution in [1.29, 1.82) is 0 Å². The summed E-state index contributed by atoms with van der Waals surface area (Å²) in [4.78, 5) is 6.85. The van der Waals surface area contributed by atoms with Crippen LogP contribution in [0.5, 0.6) is 0 Å². The Hall–Kier alpha value is -0.820. The van der Waals surface area contributed by atoms with Gasteiger partial charge in [0, 0.05) is 32.6 Å². The quantitative estimate of drug-likeness (QED) is 0.440. The SMILES string of the molecule is CCNC(=NCC1CCCC1O)N(C)Cc1ccccc1.I. The van der Waals surface area contributed by atoms with Gasteiger partial charge in [-0.2, -0.15) is 0 Å². The van der Waals surface area contributed by atoms with Gasteiger partial charge in [-0.25, -0.2) is 0 Å². The van der Waals surface area contributed by atoms with Crippen molar-refractivity contribution in [2.45, 2.75) is 38.8 Å². The van der Waals surface area contributed by atoms with Crippen LogP contribution < -0.4 is 5.32 Å². The van der Waals surface area contributed by atoms with Crippen LogP contribution in [0.15, 0.2) is 35.3 Å². The fourth-order valence-corrected chi connectivity index (χ4v) is 2.84. The van der Waals surface area contributed by atoms with Gasteiger partial charge < -0.3 is 15.3 Å². The van der Waals surface area contributed by atoms with E-state index in [2.05, 4.69) is 48.5 Å². The van der Waals surface area contributed by atoms with Gasteiger partial charge in [0.2, 0.25) is 0 Å². The van der Waals surface area contributed by atoms with Crippen LogP contribution in [-0.4, -0.2) is 42.2 Å². The van der Waals surface area contributed by atoms with Gasteiger partial charge in [-0.15, -0.1) is 24.0 Å². The highest BCUT2D eigenvalue weighted by atomic mass is 127. The van der Waals surface area contributed by atoms with Gasteiger partial charge in [0.1, 0.15) is 0 Å². The number of hydrogen-bond donors (Lipinski definition) is 2. The number of hydrogen-bond acceptors (Lipinski definition) is 2. The zero-order chi connectivity index (χ0) is 15.1. The molecule has 124 valence electrons. The molecule has 0 aromatic heterocycles. The Labute approximate surface area is 151 Å². The molecule has 4 nitrogen and oxygen atoms in total. The van der Waals surface area contributed by atoms with Crippen molar-refractivity contribution in [3.8, 4) is 0 Å². The van der Waals surface area contributed by atoms with E-state index in [9.17, 15) is 5.11 Å². The molecule has 0 radical (unpaired) electrons. The van der Waals surface area contributed by atoms with Crippen LogP contribution in [0.2, 0.25) is 0 Å². The minimum Gasteiger partial charge on any atom is -0.393 e. The maximum Gasteiger partial charge on any atom is 0.193 e. The van der Waals surface area contributed by atoms with Gasteiger partial charge in [0.05, 0.1) is 6.10 Å². The van der Waals surface area contributed by atoms with Crippen molar-refractivity contribution in [2.75, 3.05) is 20.1 Å². The van der Waals surface area contributed by atoms with E-state index in [1.54, 1.807) is 0 Å². The summed E-state index contributed by atoms with van der Waals surface area (Å²) in [6.07, 6.45) is 2.97. The molecule has 5 heteroatoms. The van der Waals surface area contributed by atoms with Gasteiger partial charge in [0.25, 0.3) is 0 Å². The number of halogens is 1. The first kappa shape index (κ1) is 19.2. The number of aliphatic hydroxyl groups is 1. The van der Waals surface area contributed by atoms with Crippen LogP contribution >= 0.6 is 24.0 Å². The maximum absolute atomic E-state index is 9.90. The second kappa shape index (κ2) is 10.0. The minimum absolute atomic E-state index is 0. The molecule has 0 aliphatic heterocycles. The number of benzene rings is 1. The molecule has 22 heavy (non-hydrogen) atoms. The van der Waals surface area contributed by atoms with E-state index in [4.69, 9.17) is 4.99 Å². The highest BCUT2D eigenvalue weighted by Gasteiger charge is 2.24. The third-order valence-electron chi connectivity index (χ3n) is 4.05. The molecule has 0 bridgehead atoms. The van der Waals surface area contributed by atoms with Crippen molar-refractivity contribution in [2.24, 2.45) is 10.9 Å². The summed E-state index contributed by atoms with van der Waals surface area (Å²) in [6, 6.07) is 10.4. The van der Waals surface area contributed by atoms with Crippen molar-refractivity contribution in [1.82, 2.24) is 10.2 Å². The molecule has 1 fully saturated rings. The topological polar surface area (TPSA) is 47.9 Å². The lowest BCUT2D eigenvalue weighted by molar-refractivity contribution is 0.136. The highest BCUT2D eigenvalue weighted by molar-refractivity contribution is 14.0. The van der Waals surface area contributed by atoms with E-state index in [-0.39, 0.29) is 30.1 Å². The third kappa shape index (κ3) is 5.76. The summed E-state index contributed by atoms with van der Waals surface area (Å²) in [5, 5.41) is 13.2. The summed E-state index contributed by atoms with van der Waals surface area (Å²) in [5.74, 6) is 1.24. The Morgan fingerprint density at radius 2 is 2.05 bits per heavy atom. The first-order chi connectivity index (χ1) is 10.2. The summed E-state index contributed by atoms with van der Waals surface area (Å²) >= 11 is 0. The lowest BCUT2D eigenvalue weighted by Gasteiger charge is -2.23. The molecule has 2 atom stereocenters. The molecule has 1 saturated carbocycles. The van der Waals surface area contributed by atoms with Gasteiger partial charge in [-0.1, -0.05) is 36.8 Å². The average Bonchev–Trinajstić information content (AvgIpc) is 2.90. The van der Waals surface area contributed by atoms with Crippen LogP contribution in [0, 0.1) is 5.92 Å². The largest absolute Gasteiger partial charge is 0.393 e. The summed E-state index contributed by atoms with van der Waals surface area (Å²) < 4.78 is 0. The minimum atomic E-state index is -0.170. The lowest BCUT2D eigenvalue weighted by Crippen LogP contribution is -2.39. The molecule has 2 N–H and O–H groups in total. The molecule has 0 spiro atoms. The second-order valence-electron chi connectivity index (χ2n) is 5.79. The first-order valence-electron chi connectivity index (χ1n) is 7.92. The van der Waals surface area contributed by atoms with Crippen LogP contribution in [0.25, 0.3) is 0 Å². The van der Waals surface area contributed by atoms with Crippen molar-refractivity contribution in [3.05, 3.63) is 35.9 Å². The monoisotopic (exact) mass is 417 g/mol. The van der Waals surface area contributed by atoms with E-state index < -0.39 is 0 Å². The van der Waals surface area contributed by atoms with E-state index >= 15 is 0 Å². The van der Waals surface area contributed by atoms with Crippen LogP contribution in [-0.2, 0) is 6.54 Å². The van der Waals surface area contributed by atoms with Crippen molar-refractivity contribution < 1.29 is 5.11 Å². The highest BCUT2D eigenvalue weighted by Crippen LogP contribution is 2.25. The number of aliphatic hydroxyl groups excluding tert-OH is 1. The van der Waals surface area contributed by atoms with E-state index in [1.807, 2.05) is 6.07 Å². The molecule has 0 saturated heterocycles. The Kier molecular flexibility index (Phi) is 8.78. The fraction of sp³-hybridized carbons (Fsp3) is 0.588. The molecule has 0 heterocycles. The lowest BCUT2D eigenvalue weighted by atomic mass is 10.1. The molecular weight excluding hydrogens is 389 g/mol. The molecule has 1 aliphatic rings. The molecular formula is C17H28IN3O. The van der Waals surface area contributed by atoms with E-state index in [0.29, 0.717) is 12.5 Å². The molecule has 2 unspecified atom stereocenters. The third-order valence-corrected chi connectivity index (χ3v) is 4.05. The summed E-state index contributed by atoms with van der Waals surface area (Å²) in [6.45, 7) is 4.48. The maximum atomic E-state index is 9.90. The van der Waals surface area contributed by atoms with Crippen molar-refractivity contribution in [3.63, 3.8) is 0 Å². The second-order valence-corrected chi connectivity index (χ2v) is 5.79. The van der Waals surface area contributed by atoms with Crippen LogP contribution in [0.3, 0.4) is 0 Å². The van der Waals surface area contributed by atoms with Gasteiger partial charge >= 0.3 is 0 Å². The normalized spacial score (nSPS) is 21.3. The van der Waals surface area contributed by atoms with Crippen molar-refractivity contribution >= 4 is 29.9 Å². The average molecular weight is 417 g/mol. The van der Waals surface area contributed by atoms with Crippen LogP contribution in [0.4, 0.5) is 0 Å². The molecule has 1 aromatic carbocycles. The Morgan fingerprint density at radius 3 is 2.64 bits per heavy atom. The zero-order valence-electron chi connectivity index (χ0n) is 13.5. The predicted molar refractivity (Wildman–Crippen MR) is 103 cm³/mol. The fourth-order valence-electron chi connectivity index (χ4n) is 2.84. The molecule has 2 rings (SSSR count). The first-order valence-corrected chi connectivity index (χ1v) is 7.92. The number of guanidine groups is 1. The number of rotatable bonds is 5. The summed E-state index contributed by atoms with van der Waals surface area (Å²) in [5.41, 5.74) is 1.27. The van der Waals surface area contributed by atoms with Gasteiger partial charge in [-0.05, 0) is 25.3 Å². The molecule has 1 aliphatic carbocycles. The Bertz CT molecular complexity index is 452. The number of aliphatic imine (C=N–C) groups is 1. The summed E-state index contributed by atoms with van der Waals surface area (Å²) in [7, 11) is 2.06. The van der Waals surface area contributed by atoms with Crippen LogP contribution in [0.1, 0.15) is 31.7 Å². The number of nitrogens with zero attached hydrogens (tertiary/aromatic N) is 2. The molecule has 0 amide bonds. The smallest absolute Gasteiger partial charge is 0.193 e. The van der Waals surface area contributed by atoms with Gasteiger partial charge in [-0.3, -0.25) is 4.99 Å². The zero-order valence-corrected chi connectivity index (χ0v) is 15.9. The number of nitrogens with one attached hydrogen (secondary N) is 1. The molecule has 1 aromatic rings. The van der Waals surface area contributed by atoms with Gasteiger partial charge in [0.15, 0.2) is 5.96 Å². The standard InChI is InChI=1S/C17H27N3O.HI/c1-3-18-17(19-12-15-10-7-11-16(15)21)20(2)13-14-8-5-4-6-9-14;/h4-6,8-9,15-16,21H,3,7,10-13H2,1-2H3,(H,18,19);1H.